The molecule has 0 saturated carbocycles. The normalized spacial score (nSPS) is 11.9. The number of para-hydroxylation sites is 11. The van der Waals surface area contributed by atoms with Crippen LogP contribution in [-0.4, -0.2) is 42.4 Å². The maximum atomic E-state index is 5.06. The molecule has 0 bridgehead atoms. The van der Waals surface area contributed by atoms with Crippen LogP contribution in [0.1, 0.15) is 0 Å². The molecule has 0 spiro atoms. The van der Waals surface area contributed by atoms with Gasteiger partial charge in [0.15, 0.2) is 17.5 Å². The summed E-state index contributed by atoms with van der Waals surface area (Å²) in [5.74, 6) is 1.90. The highest BCUT2D eigenvalue weighted by Crippen LogP contribution is 2.53. The van der Waals surface area contributed by atoms with Gasteiger partial charge in [0.25, 0.3) is 0 Å². The number of fused-ring (bicyclic) bond motifs is 24. The average molecular weight is 1380 g/mol. The van der Waals surface area contributed by atoms with Crippen molar-refractivity contribution < 1.29 is 0 Å². The van der Waals surface area contributed by atoms with E-state index < -0.39 is 0 Å². The number of hydrogen-bond acceptors (Lipinski definition) is 3. The van der Waals surface area contributed by atoms with Crippen LogP contribution in [0, 0.1) is 0 Å². The number of aromatic nitrogens is 9. The highest BCUT2D eigenvalue weighted by atomic mass is 15.1. The van der Waals surface area contributed by atoms with Gasteiger partial charge in [-0.2, -0.15) is 0 Å². The Labute approximate surface area is 619 Å². The van der Waals surface area contributed by atoms with Crippen LogP contribution >= 0.6 is 0 Å². The summed E-state index contributed by atoms with van der Waals surface area (Å²) in [6.07, 6.45) is 0. The highest BCUT2D eigenvalue weighted by Gasteiger charge is 2.32. The Morgan fingerprint density at radius 1 is 0.139 bits per heavy atom. The molecule has 0 fully saturated rings. The van der Waals surface area contributed by atoms with Crippen molar-refractivity contribution in [1.82, 2.24) is 42.4 Å². The van der Waals surface area contributed by atoms with Gasteiger partial charge in [-0.05, 0) is 121 Å². The number of nitrogens with zero attached hydrogens (tertiary/aromatic N) is 9. The second-order valence-corrected chi connectivity index (χ2v) is 27.7. The minimum atomic E-state index is 0.624. The second-order valence-electron chi connectivity index (χ2n) is 27.7. The molecule has 7 aromatic heterocycles. The van der Waals surface area contributed by atoms with Gasteiger partial charge in [0.2, 0.25) is 0 Å². The largest absolute Gasteiger partial charge is 0.308 e. The van der Waals surface area contributed by atoms with Crippen molar-refractivity contribution in [3.63, 3.8) is 0 Å². The zero-order valence-electron chi connectivity index (χ0n) is 58.4. The van der Waals surface area contributed by atoms with Gasteiger partial charge in [0.05, 0.1) is 66.2 Å². The molecule has 504 valence electrons. The monoisotopic (exact) mass is 1380 g/mol. The molecule has 0 amide bonds. The first-order chi connectivity index (χ1) is 53.7. The van der Waals surface area contributed by atoms with Crippen molar-refractivity contribution in [2.24, 2.45) is 0 Å². The van der Waals surface area contributed by atoms with Gasteiger partial charge in [0, 0.05) is 115 Å². The molecule has 108 heavy (non-hydrogen) atoms. The van der Waals surface area contributed by atoms with E-state index in [1.54, 1.807) is 0 Å². The second kappa shape index (κ2) is 24.5. The Balaban J connectivity index is 0.000000142. The molecule has 9 heteroatoms. The predicted molar refractivity (Wildman–Crippen MR) is 449 cm³/mol. The molecule has 0 aliphatic rings. The third-order valence-electron chi connectivity index (χ3n) is 21.8. The minimum absolute atomic E-state index is 0.624. The van der Waals surface area contributed by atoms with Gasteiger partial charge in [-0.1, -0.05) is 261 Å². The quantitative estimate of drug-likeness (QED) is 0.145. The van der Waals surface area contributed by atoms with Gasteiger partial charge >= 0.3 is 0 Å². The lowest BCUT2D eigenvalue weighted by atomic mass is 10.0. The van der Waals surface area contributed by atoms with Crippen molar-refractivity contribution in [3.8, 4) is 68.3 Å². The van der Waals surface area contributed by atoms with Crippen LogP contribution in [0.5, 0.6) is 0 Å². The minimum Gasteiger partial charge on any atom is -0.308 e. The van der Waals surface area contributed by atoms with Crippen LogP contribution in [0.3, 0.4) is 0 Å². The summed E-state index contributed by atoms with van der Waals surface area (Å²) in [6, 6.07) is 136. The van der Waals surface area contributed by atoms with Crippen LogP contribution in [0.15, 0.2) is 382 Å². The van der Waals surface area contributed by atoms with Crippen molar-refractivity contribution in [2.75, 3.05) is 0 Å². The number of hydrogen-bond donors (Lipinski definition) is 0. The summed E-state index contributed by atoms with van der Waals surface area (Å²) in [7, 11) is 0. The zero-order chi connectivity index (χ0) is 70.9. The van der Waals surface area contributed by atoms with E-state index in [9.17, 15) is 0 Å². The lowest BCUT2D eigenvalue weighted by molar-refractivity contribution is 1.07. The first kappa shape index (κ1) is 60.9. The van der Waals surface area contributed by atoms with E-state index in [1.165, 1.54) is 114 Å². The maximum absolute atomic E-state index is 5.06. The molecule has 0 N–H and O–H groups in total. The molecule has 0 atom stereocenters. The van der Waals surface area contributed by atoms with E-state index in [1.807, 2.05) is 60.7 Å². The molecule has 0 aliphatic carbocycles. The lowest BCUT2D eigenvalue weighted by Gasteiger charge is -2.14. The van der Waals surface area contributed by atoms with E-state index in [-0.39, 0.29) is 0 Å². The fourth-order valence-electron chi connectivity index (χ4n) is 17.5. The average Bonchev–Trinajstić information content (AvgIpc) is 1.51. The van der Waals surface area contributed by atoms with Crippen molar-refractivity contribution in [2.45, 2.75) is 0 Å². The molecule has 23 aromatic rings. The van der Waals surface area contributed by atoms with Gasteiger partial charge in [-0.3, -0.25) is 0 Å². The van der Waals surface area contributed by atoms with Crippen molar-refractivity contribution in [3.05, 3.63) is 382 Å². The SMILES string of the molecule is c1ccc(-c2nc(-c3ccccc3)nc(-c3ccc(-n4c5ccccc5c5c6c(c7ccccc7n6-c6ccccc6)c6c(c7ccccc7n6-c6ccccc6)c54)cc3)n2)cc1.c1ccc(-n2c3ccccc3c3c2c2c4ccccc4n(-c4ccccc4)c2c2c4ccccc4n(-c4ccccc4)c32)cc1. The number of benzene rings is 16. The Bertz CT molecular complexity index is 7020. The van der Waals surface area contributed by atoms with Gasteiger partial charge in [-0.15, -0.1) is 0 Å². The summed E-state index contributed by atoms with van der Waals surface area (Å²) in [4.78, 5) is 15.1. The molecule has 0 radical (unpaired) electrons. The van der Waals surface area contributed by atoms with Crippen molar-refractivity contribution >= 4 is 131 Å². The van der Waals surface area contributed by atoms with E-state index in [0.717, 1.165) is 67.4 Å². The Morgan fingerprint density at radius 2 is 0.296 bits per heavy atom. The standard InChI is InChI=1S/C57H36N6.C42H27N3/c1-5-19-37(20-6-1)55-58-56(38-21-7-2-8-22-38)60-57(59-55)39-33-35-42(36-34-39)63-48-32-18-15-29-45(48)51-53-49(43-27-13-16-30-46(43)61(53)40-23-9-3-10-24-40)52-50(54(51)63)44-28-14-17-31-47(44)62(52)41-25-11-4-12-26-41;1-4-16-28(17-5-1)43-34-25-13-10-22-31(34)37-40(43)38-32-23-11-14-26-35(32)44(29-18-6-2-7-19-29)42(38)39-33-24-12-15-27-36(33)45(41(37)39)30-20-8-3-9-21-30/h1-36H;1-27H. The molecule has 7 heterocycles. The molecule has 0 aliphatic heterocycles. The summed E-state index contributed by atoms with van der Waals surface area (Å²) in [5.41, 5.74) is 23.8. The molecule has 16 aromatic carbocycles. The third-order valence-corrected chi connectivity index (χ3v) is 21.8. The molecule has 9 nitrogen and oxygen atoms in total. The van der Waals surface area contributed by atoms with Crippen LogP contribution in [-0.2, 0) is 0 Å². The third kappa shape index (κ3) is 9.15. The summed E-state index contributed by atoms with van der Waals surface area (Å²) >= 11 is 0. The summed E-state index contributed by atoms with van der Waals surface area (Å²) in [6.45, 7) is 0. The molecule has 23 rings (SSSR count). The first-order valence-corrected chi connectivity index (χ1v) is 36.8. The molecular formula is C99H63N9. The fourth-order valence-corrected chi connectivity index (χ4v) is 17.5. The Kier molecular flexibility index (Phi) is 13.8. The van der Waals surface area contributed by atoms with Gasteiger partial charge in [-0.25, -0.2) is 15.0 Å². The van der Waals surface area contributed by atoms with E-state index >= 15 is 0 Å². The van der Waals surface area contributed by atoms with Gasteiger partial charge in [0.1, 0.15) is 0 Å². The molecule has 0 saturated heterocycles. The van der Waals surface area contributed by atoms with Crippen LogP contribution < -0.4 is 0 Å². The lowest BCUT2D eigenvalue weighted by Crippen LogP contribution is -2.00. The van der Waals surface area contributed by atoms with E-state index in [0.29, 0.717) is 17.5 Å². The van der Waals surface area contributed by atoms with Gasteiger partial charge < -0.3 is 27.4 Å². The van der Waals surface area contributed by atoms with Crippen LogP contribution in [0.2, 0.25) is 0 Å². The zero-order valence-corrected chi connectivity index (χ0v) is 58.4. The Hall–Kier alpha value is -14.7. The highest BCUT2D eigenvalue weighted by molar-refractivity contribution is 6.42. The first-order valence-electron chi connectivity index (χ1n) is 36.8. The smallest absolute Gasteiger partial charge is 0.164 e. The predicted octanol–water partition coefficient (Wildman–Crippen LogP) is 25.1. The topological polar surface area (TPSA) is 68.2 Å². The fraction of sp³-hybridized carbons (Fsp3) is 0. The number of rotatable bonds is 9. The maximum Gasteiger partial charge on any atom is 0.164 e. The van der Waals surface area contributed by atoms with E-state index in [4.69, 9.17) is 15.0 Å². The molecular weight excluding hydrogens is 1320 g/mol. The van der Waals surface area contributed by atoms with Crippen molar-refractivity contribution in [1.29, 1.82) is 0 Å². The Morgan fingerprint density at radius 3 is 0.500 bits per heavy atom. The van der Waals surface area contributed by atoms with Crippen LogP contribution in [0.25, 0.3) is 199 Å². The summed E-state index contributed by atoms with van der Waals surface area (Å²) in [5, 5.41) is 14.8. The van der Waals surface area contributed by atoms with Crippen LogP contribution in [0.4, 0.5) is 0 Å². The van der Waals surface area contributed by atoms with E-state index in [2.05, 4.69) is 349 Å². The molecule has 0 unspecified atom stereocenters. The summed E-state index contributed by atoms with van der Waals surface area (Å²) < 4.78 is 14.9.